The summed E-state index contributed by atoms with van der Waals surface area (Å²) in [4.78, 5) is 10.5. The van der Waals surface area contributed by atoms with Crippen LogP contribution in [0.2, 0.25) is 0 Å². The second-order valence-electron chi connectivity index (χ2n) is 4.27. The summed E-state index contributed by atoms with van der Waals surface area (Å²) in [6.07, 6.45) is 2.54. The molecular formula is C12H18O2. The van der Waals surface area contributed by atoms with Crippen LogP contribution >= 0.6 is 0 Å². The van der Waals surface area contributed by atoms with E-state index in [9.17, 15) is 4.79 Å². The molecule has 0 atom stereocenters. The normalized spacial score (nSPS) is 27.4. The van der Waals surface area contributed by atoms with Gasteiger partial charge in [0, 0.05) is 8.82 Å². The fourth-order valence-electron chi connectivity index (χ4n) is 1.81. The first-order chi connectivity index (χ1) is 7.17. The maximum Gasteiger partial charge on any atom is 0.328 e. The Bertz CT molecular complexity index is 365. The fraction of sp³-hybridized carbons (Fsp3) is 0.583. The molecule has 78 valence electrons. The minimum atomic E-state index is -1.31. The number of hydrogen-bond acceptors (Lipinski definition) is 1. The number of carbonyl (C=O) groups is 1. The van der Waals surface area contributed by atoms with Gasteiger partial charge in [-0.25, -0.2) is 4.79 Å². The molecule has 0 aromatic carbocycles. The van der Waals surface area contributed by atoms with E-state index in [1.54, 1.807) is 6.92 Å². The molecule has 0 radical (unpaired) electrons. The summed E-state index contributed by atoms with van der Waals surface area (Å²) >= 11 is 0. The van der Waals surface area contributed by atoms with Crippen LogP contribution in [-0.4, -0.2) is 11.1 Å². The third-order valence-electron chi connectivity index (χ3n) is 2.67. The van der Waals surface area contributed by atoms with E-state index in [-0.39, 0.29) is 5.41 Å². The fourth-order valence-corrected chi connectivity index (χ4v) is 1.81. The molecule has 0 spiro atoms. The molecule has 0 amide bonds. The van der Waals surface area contributed by atoms with Gasteiger partial charge in [-0.2, -0.15) is 0 Å². The van der Waals surface area contributed by atoms with Crippen LogP contribution in [0.3, 0.4) is 0 Å². The smallest absolute Gasteiger partial charge is 0.328 e. The molecule has 0 heterocycles. The first kappa shape index (κ1) is 8.27. The van der Waals surface area contributed by atoms with Crippen molar-refractivity contribution in [2.24, 2.45) is 5.41 Å². The van der Waals surface area contributed by atoms with Crippen LogP contribution in [0.4, 0.5) is 0 Å². The Morgan fingerprint density at radius 1 is 1.64 bits per heavy atom. The number of allylic oxidation sites excluding steroid dienone is 3. The average Bonchev–Trinajstić information content (AvgIpc) is 2.12. The molecule has 1 rings (SSSR count). The molecule has 2 nitrogen and oxygen atoms in total. The monoisotopic (exact) mass is 196 g/mol. The highest BCUT2D eigenvalue weighted by atomic mass is 16.4. The second kappa shape index (κ2) is 3.99. The van der Waals surface area contributed by atoms with E-state index in [4.69, 9.17) is 7.85 Å². The summed E-state index contributed by atoms with van der Waals surface area (Å²) in [7, 11) is 0. The molecule has 2 heteroatoms. The third-order valence-corrected chi connectivity index (χ3v) is 2.67. The molecule has 0 aliphatic heterocycles. The maximum atomic E-state index is 10.5. The number of aliphatic carboxylic acids is 1. The largest absolute Gasteiger partial charge is 0.478 e. The highest BCUT2D eigenvalue weighted by Gasteiger charge is 2.26. The van der Waals surface area contributed by atoms with Crippen molar-refractivity contribution in [2.45, 2.75) is 40.0 Å². The molecule has 1 N–H and O–H groups in total. The van der Waals surface area contributed by atoms with Gasteiger partial charge in [0.2, 0.25) is 0 Å². The van der Waals surface area contributed by atoms with Crippen LogP contribution in [0.5, 0.6) is 0 Å². The van der Waals surface area contributed by atoms with Crippen molar-refractivity contribution in [1.82, 2.24) is 0 Å². The summed E-state index contributed by atoms with van der Waals surface area (Å²) in [6.45, 7) is 5.79. The van der Waals surface area contributed by atoms with E-state index in [0.29, 0.717) is 12.0 Å². The van der Waals surface area contributed by atoms with Crippen LogP contribution in [0, 0.1) is 5.41 Å². The zero-order valence-corrected chi connectivity index (χ0v) is 8.92. The predicted octanol–water partition coefficient (Wildman–Crippen LogP) is 3.15. The number of carboxylic acids is 1. The van der Waals surface area contributed by atoms with Crippen molar-refractivity contribution in [1.29, 1.82) is 0 Å². The Hall–Kier alpha value is -1.05. The van der Waals surface area contributed by atoms with Gasteiger partial charge in [-0.15, -0.1) is 0 Å². The van der Waals surface area contributed by atoms with Crippen LogP contribution < -0.4 is 0 Å². The standard InChI is InChI=1S/C12H18O2/c1-9-5-4-8-12(2,3)10(9)6-7-11(13)14/h6-7H,4-5,8H2,1-3H3,(H,13,14)/i5D2. The van der Waals surface area contributed by atoms with Gasteiger partial charge in [-0.1, -0.05) is 25.5 Å². The zero-order valence-electron chi connectivity index (χ0n) is 10.9. The van der Waals surface area contributed by atoms with Crippen molar-refractivity contribution in [3.8, 4) is 0 Å². The lowest BCUT2D eigenvalue weighted by atomic mass is 9.73. The van der Waals surface area contributed by atoms with E-state index in [0.717, 1.165) is 18.1 Å². The van der Waals surface area contributed by atoms with Gasteiger partial charge in [-0.3, -0.25) is 0 Å². The van der Waals surface area contributed by atoms with Gasteiger partial charge in [0.25, 0.3) is 0 Å². The molecule has 0 fully saturated rings. The molecule has 0 unspecified atom stereocenters. The highest BCUT2D eigenvalue weighted by molar-refractivity contribution is 5.80. The molecule has 0 aromatic heterocycles. The summed E-state index contributed by atoms with van der Waals surface area (Å²) < 4.78 is 15.7. The number of rotatable bonds is 2. The maximum absolute atomic E-state index is 10.5. The van der Waals surface area contributed by atoms with E-state index >= 15 is 0 Å². The summed E-state index contributed by atoms with van der Waals surface area (Å²) in [5.41, 5.74) is 1.31. The predicted molar refractivity (Wildman–Crippen MR) is 57.1 cm³/mol. The molecule has 0 bridgehead atoms. The Morgan fingerprint density at radius 3 is 2.86 bits per heavy atom. The van der Waals surface area contributed by atoms with Crippen LogP contribution in [0.25, 0.3) is 0 Å². The van der Waals surface area contributed by atoms with Crippen LogP contribution in [-0.2, 0) is 4.79 Å². The van der Waals surface area contributed by atoms with Gasteiger partial charge >= 0.3 is 5.97 Å². The van der Waals surface area contributed by atoms with Crippen LogP contribution in [0.15, 0.2) is 23.3 Å². The Morgan fingerprint density at radius 2 is 2.29 bits per heavy atom. The van der Waals surface area contributed by atoms with Gasteiger partial charge in [0.15, 0.2) is 0 Å². The molecule has 1 aliphatic carbocycles. The van der Waals surface area contributed by atoms with E-state index in [2.05, 4.69) is 0 Å². The van der Waals surface area contributed by atoms with Crippen molar-refractivity contribution in [3.63, 3.8) is 0 Å². The first-order valence-corrected chi connectivity index (χ1v) is 4.80. The molecule has 1 aliphatic rings. The van der Waals surface area contributed by atoms with Crippen molar-refractivity contribution >= 4 is 5.97 Å². The van der Waals surface area contributed by atoms with Crippen molar-refractivity contribution < 1.29 is 12.6 Å². The lowest BCUT2D eigenvalue weighted by Gasteiger charge is -2.32. The van der Waals surface area contributed by atoms with Crippen LogP contribution in [0.1, 0.15) is 42.7 Å². The lowest BCUT2D eigenvalue weighted by molar-refractivity contribution is -0.131. The summed E-state index contributed by atoms with van der Waals surface area (Å²) in [6, 6.07) is 0. The van der Waals surface area contributed by atoms with E-state index < -0.39 is 12.3 Å². The highest BCUT2D eigenvalue weighted by Crippen LogP contribution is 2.40. The van der Waals surface area contributed by atoms with Gasteiger partial charge in [0.1, 0.15) is 0 Å². The molecular weight excluding hydrogens is 176 g/mol. The van der Waals surface area contributed by atoms with Crippen molar-refractivity contribution in [2.75, 3.05) is 0 Å². The van der Waals surface area contributed by atoms with E-state index in [1.807, 2.05) is 13.8 Å². The van der Waals surface area contributed by atoms with Crippen molar-refractivity contribution in [3.05, 3.63) is 23.3 Å². The minimum absolute atomic E-state index is 0.151. The first-order valence-electron chi connectivity index (χ1n) is 5.80. The topological polar surface area (TPSA) is 37.3 Å². The zero-order chi connectivity index (χ0) is 12.6. The minimum Gasteiger partial charge on any atom is -0.478 e. The second-order valence-corrected chi connectivity index (χ2v) is 4.27. The molecule has 14 heavy (non-hydrogen) atoms. The number of hydrogen-bond donors (Lipinski definition) is 1. The average molecular weight is 196 g/mol. The lowest BCUT2D eigenvalue weighted by Crippen LogP contribution is -2.19. The summed E-state index contributed by atoms with van der Waals surface area (Å²) in [5, 5.41) is 8.63. The molecule has 0 aromatic rings. The summed E-state index contributed by atoms with van der Waals surface area (Å²) in [5.74, 6) is -0.998. The number of carboxylic acid groups (broad SMARTS) is 1. The van der Waals surface area contributed by atoms with Gasteiger partial charge in [0.05, 0.1) is 0 Å². The Kier molecular flexibility index (Phi) is 2.36. The van der Waals surface area contributed by atoms with Gasteiger partial charge < -0.3 is 5.11 Å². The Balaban J connectivity index is 3.20. The molecule has 0 saturated carbocycles. The van der Waals surface area contributed by atoms with E-state index in [1.165, 1.54) is 6.08 Å². The Labute approximate surface area is 88.1 Å². The SMILES string of the molecule is [2H]C1([2H])CCC(C)(C)C(C=CC(=O)O)=C1C. The molecule has 0 saturated heterocycles. The third kappa shape index (κ3) is 2.47. The van der Waals surface area contributed by atoms with Gasteiger partial charge in [-0.05, 0) is 37.1 Å². The quantitative estimate of drug-likeness (QED) is 0.689.